The van der Waals surface area contributed by atoms with E-state index in [0.717, 1.165) is 25.3 Å². The van der Waals surface area contributed by atoms with Crippen molar-refractivity contribution in [2.24, 2.45) is 0 Å². The van der Waals surface area contributed by atoms with E-state index in [1.807, 2.05) is 0 Å². The molecule has 2 nitrogen and oxygen atoms in total. The summed E-state index contributed by atoms with van der Waals surface area (Å²) in [6.45, 7) is 5.43. The van der Waals surface area contributed by atoms with Crippen molar-refractivity contribution in [3.63, 3.8) is 0 Å². The predicted octanol–water partition coefficient (Wildman–Crippen LogP) is 2.97. The number of unbranched alkanes of at least 4 members (excludes halogenated alkanes) is 1. The molecule has 0 aromatic heterocycles. The molecule has 0 saturated heterocycles. The van der Waals surface area contributed by atoms with Gasteiger partial charge in [-0.25, -0.2) is 0 Å². The van der Waals surface area contributed by atoms with E-state index in [-0.39, 0.29) is 0 Å². The number of ether oxygens (including phenoxy) is 1. The lowest BCUT2D eigenvalue weighted by Gasteiger charge is -2.08. The van der Waals surface area contributed by atoms with Crippen molar-refractivity contribution in [1.82, 2.24) is 0 Å². The van der Waals surface area contributed by atoms with Gasteiger partial charge in [0.05, 0.1) is 19.7 Å². The van der Waals surface area contributed by atoms with E-state index in [0.29, 0.717) is 0 Å². The third-order valence-electron chi connectivity index (χ3n) is 3.32. The Hall–Kier alpha value is -1.54. The molecule has 0 aliphatic carbocycles. The first-order chi connectivity index (χ1) is 9.42. The van der Waals surface area contributed by atoms with Crippen molar-refractivity contribution >= 4 is 10.8 Å². The number of hydrogen-bond donors (Lipinski definition) is 1. The van der Waals surface area contributed by atoms with Gasteiger partial charge >= 0.3 is 0 Å². The summed E-state index contributed by atoms with van der Waals surface area (Å²) in [6, 6.07) is 14.6. The lowest BCUT2D eigenvalue weighted by atomic mass is 10.1. The van der Waals surface area contributed by atoms with E-state index in [1.165, 1.54) is 30.2 Å². The summed E-state index contributed by atoms with van der Waals surface area (Å²) >= 11 is 0. The molecule has 0 atom stereocenters. The van der Waals surface area contributed by atoms with Crippen LogP contribution < -0.4 is 10.1 Å². The van der Waals surface area contributed by atoms with Crippen LogP contribution in [0.15, 0.2) is 42.5 Å². The molecule has 0 bridgehead atoms. The lowest BCUT2D eigenvalue weighted by Crippen LogP contribution is -2.84. The molecule has 0 radical (unpaired) electrons. The van der Waals surface area contributed by atoms with Crippen molar-refractivity contribution in [3.05, 3.63) is 42.5 Å². The first-order valence-corrected chi connectivity index (χ1v) is 7.34. The van der Waals surface area contributed by atoms with Gasteiger partial charge in [-0.05, 0) is 17.9 Å². The molecule has 0 spiro atoms. The topological polar surface area (TPSA) is 25.8 Å². The van der Waals surface area contributed by atoms with Gasteiger partial charge in [-0.2, -0.15) is 0 Å². The molecule has 0 saturated carbocycles. The van der Waals surface area contributed by atoms with Crippen LogP contribution in [0.2, 0.25) is 0 Å². The van der Waals surface area contributed by atoms with Gasteiger partial charge in [0.2, 0.25) is 0 Å². The number of rotatable bonds is 8. The van der Waals surface area contributed by atoms with Gasteiger partial charge in [0.1, 0.15) is 5.75 Å². The largest absolute Gasteiger partial charge is 0.493 e. The molecule has 2 N–H and O–H groups in total. The molecule has 2 rings (SSSR count). The van der Waals surface area contributed by atoms with Crippen LogP contribution in [-0.4, -0.2) is 19.7 Å². The van der Waals surface area contributed by atoms with Gasteiger partial charge in [0, 0.05) is 11.8 Å². The predicted molar refractivity (Wildman–Crippen MR) is 80.6 cm³/mol. The minimum atomic E-state index is 0.802. The Bertz CT molecular complexity index is 490. The maximum Gasteiger partial charge on any atom is 0.127 e. The van der Waals surface area contributed by atoms with Crippen LogP contribution in [0, 0.1) is 0 Å². The minimum Gasteiger partial charge on any atom is -0.493 e. The molecule has 0 amide bonds. The van der Waals surface area contributed by atoms with Crippen molar-refractivity contribution in [1.29, 1.82) is 0 Å². The average Bonchev–Trinajstić information content (AvgIpc) is 2.46. The fourth-order valence-corrected chi connectivity index (χ4v) is 2.22. The Balaban J connectivity index is 1.78. The van der Waals surface area contributed by atoms with Crippen LogP contribution in [0.3, 0.4) is 0 Å². The second kappa shape index (κ2) is 7.80. The van der Waals surface area contributed by atoms with Crippen molar-refractivity contribution in [2.75, 3.05) is 19.7 Å². The molecule has 0 fully saturated rings. The van der Waals surface area contributed by atoms with E-state index in [2.05, 4.69) is 54.7 Å². The first kappa shape index (κ1) is 13.9. The Labute approximate surface area is 115 Å². The van der Waals surface area contributed by atoms with Crippen LogP contribution in [0.4, 0.5) is 0 Å². The molecule has 0 heterocycles. The maximum absolute atomic E-state index is 5.91. The molecule has 2 aromatic carbocycles. The third-order valence-corrected chi connectivity index (χ3v) is 3.32. The standard InChI is InChI=1S/C17H23NO/c1-2-3-12-18-13-7-14-19-17-11-6-9-15-8-4-5-10-16(15)17/h4-6,8-11,18H,2-3,7,12-14H2,1H3/p+1. The Morgan fingerprint density at radius 2 is 1.74 bits per heavy atom. The second-order valence-corrected chi connectivity index (χ2v) is 4.90. The van der Waals surface area contributed by atoms with Gasteiger partial charge in [-0.15, -0.1) is 0 Å². The van der Waals surface area contributed by atoms with E-state index in [1.54, 1.807) is 0 Å². The zero-order valence-electron chi connectivity index (χ0n) is 11.8. The summed E-state index contributed by atoms with van der Waals surface area (Å²) < 4.78 is 5.91. The molecule has 0 unspecified atom stereocenters. The Kier molecular flexibility index (Phi) is 5.70. The second-order valence-electron chi connectivity index (χ2n) is 4.90. The number of quaternary nitrogens is 1. The van der Waals surface area contributed by atoms with Gasteiger partial charge in [-0.1, -0.05) is 49.7 Å². The zero-order valence-corrected chi connectivity index (χ0v) is 11.8. The monoisotopic (exact) mass is 258 g/mol. The van der Waals surface area contributed by atoms with E-state index in [4.69, 9.17) is 4.74 Å². The molecule has 102 valence electrons. The summed E-state index contributed by atoms with van der Waals surface area (Å²) in [5, 5.41) is 4.84. The number of benzene rings is 2. The van der Waals surface area contributed by atoms with Crippen LogP contribution in [0.5, 0.6) is 5.75 Å². The van der Waals surface area contributed by atoms with Crippen LogP contribution >= 0.6 is 0 Å². The summed E-state index contributed by atoms with van der Waals surface area (Å²) in [7, 11) is 0. The molecule has 2 aromatic rings. The summed E-state index contributed by atoms with van der Waals surface area (Å²) in [5.74, 6) is 1.01. The van der Waals surface area contributed by atoms with Crippen LogP contribution in [-0.2, 0) is 0 Å². The Morgan fingerprint density at radius 1 is 0.947 bits per heavy atom. The highest BCUT2D eigenvalue weighted by Crippen LogP contribution is 2.24. The van der Waals surface area contributed by atoms with E-state index < -0.39 is 0 Å². The molecule has 0 aliphatic heterocycles. The van der Waals surface area contributed by atoms with E-state index in [9.17, 15) is 0 Å². The van der Waals surface area contributed by atoms with Gasteiger partial charge in [0.25, 0.3) is 0 Å². The maximum atomic E-state index is 5.91. The van der Waals surface area contributed by atoms with Crippen LogP contribution in [0.25, 0.3) is 10.8 Å². The Morgan fingerprint density at radius 3 is 2.63 bits per heavy atom. The third kappa shape index (κ3) is 4.25. The molecule has 0 aliphatic rings. The molecule has 2 heteroatoms. The zero-order chi connectivity index (χ0) is 13.3. The van der Waals surface area contributed by atoms with Gasteiger partial charge in [0.15, 0.2) is 0 Å². The normalized spacial score (nSPS) is 10.8. The lowest BCUT2D eigenvalue weighted by molar-refractivity contribution is -0.655. The smallest absolute Gasteiger partial charge is 0.127 e. The SMILES string of the molecule is CCCC[NH2+]CCCOc1cccc2ccccc12. The average molecular weight is 258 g/mol. The highest BCUT2D eigenvalue weighted by molar-refractivity contribution is 5.88. The fraction of sp³-hybridized carbons (Fsp3) is 0.412. The quantitative estimate of drug-likeness (QED) is 0.724. The number of hydrogen-bond acceptors (Lipinski definition) is 1. The minimum absolute atomic E-state index is 0.802. The van der Waals surface area contributed by atoms with Crippen molar-refractivity contribution in [3.8, 4) is 5.75 Å². The molecular weight excluding hydrogens is 234 g/mol. The molecule has 19 heavy (non-hydrogen) atoms. The summed E-state index contributed by atoms with van der Waals surface area (Å²) in [6.07, 6.45) is 3.69. The van der Waals surface area contributed by atoms with Gasteiger partial charge < -0.3 is 10.1 Å². The first-order valence-electron chi connectivity index (χ1n) is 7.34. The van der Waals surface area contributed by atoms with Crippen molar-refractivity contribution in [2.45, 2.75) is 26.2 Å². The van der Waals surface area contributed by atoms with E-state index >= 15 is 0 Å². The fourth-order valence-electron chi connectivity index (χ4n) is 2.22. The highest BCUT2D eigenvalue weighted by atomic mass is 16.5. The number of nitrogens with two attached hydrogens (primary N) is 1. The van der Waals surface area contributed by atoms with Crippen molar-refractivity contribution < 1.29 is 10.1 Å². The highest BCUT2D eigenvalue weighted by Gasteiger charge is 2.00. The van der Waals surface area contributed by atoms with Crippen LogP contribution in [0.1, 0.15) is 26.2 Å². The number of fused-ring (bicyclic) bond motifs is 1. The summed E-state index contributed by atoms with van der Waals surface area (Å²) in [5.41, 5.74) is 0. The summed E-state index contributed by atoms with van der Waals surface area (Å²) in [4.78, 5) is 0. The van der Waals surface area contributed by atoms with Gasteiger partial charge in [-0.3, -0.25) is 0 Å². The molecular formula is C17H24NO+.